The van der Waals surface area contributed by atoms with Crippen molar-refractivity contribution in [2.45, 2.75) is 19.0 Å². The maximum atomic E-state index is 13.9. The van der Waals surface area contributed by atoms with Gasteiger partial charge < -0.3 is 10.1 Å². The first kappa shape index (κ1) is 25.4. The van der Waals surface area contributed by atoms with Gasteiger partial charge in [-0.15, -0.1) is 0 Å². The van der Waals surface area contributed by atoms with Crippen LogP contribution in [0.4, 0.5) is 8.78 Å². The summed E-state index contributed by atoms with van der Waals surface area (Å²) in [6, 6.07) is 10.4. The molecule has 39 heavy (non-hydrogen) atoms. The predicted molar refractivity (Wildman–Crippen MR) is 142 cm³/mol. The van der Waals surface area contributed by atoms with Crippen molar-refractivity contribution >= 4 is 45.0 Å². The number of halogens is 3. The molecule has 0 bridgehead atoms. The number of carbonyl (C=O) groups excluding carboxylic acids is 3. The molecule has 0 fully saturated rings. The minimum atomic E-state index is -0.832. The Kier molecular flexibility index (Phi) is 6.51. The minimum absolute atomic E-state index is 0.0201. The van der Waals surface area contributed by atoms with E-state index in [0.717, 1.165) is 44.6 Å². The molecule has 2 aromatic heterocycles. The molecular formula is C27H19BrF2N4O4S. The molecule has 1 atom stereocenters. The summed E-state index contributed by atoms with van der Waals surface area (Å²) in [5.74, 6) is -2.99. The maximum Gasteiger partial charge on any atom is 0.261 e. The maximum absolute atomic E-state index is 13.9. The molecule has 0 aliphatic carbocycles. The third-order valence-electron chi connectivity index (χ3n) is 6.53. The second kappa shape index (κ2) is 10.0. The molecule has 4 heterocycles. The molecule has 12 heteroatoms. The molecule has 198 valence electrons. The molecule has 2 aliphatic heterocycles. The molecule has 0 saturated heterocycles. The topological polar surface area (TPSA) is 93.5 Å². The second-order valence-corrected chi connectivity index (χ2v) is 11.0. The summed E-state index contributed by atoms with van der Waals surface area (Å²) in [4.78, 5) is 40.8. The van der Waals surface area contributed by atoms with Gasteiger partial charge in [0.25, 0.3) is 17.7 Å². The van der Waals surface area contributed by atoms with Crippen LogP contribution in [0.2, 0.25) is 0 Å². The minimum Gasteiger partial charge on any atom is -0.481 e. The van der Waals surface area contributed by atoms with Crippen LogP contribution in [0.1, 0.15) is 36.0 Å². The quantitative estimate of drug-likeness (QED) is 0.319. The molecule has 6 rings (SSSR count). The van der Waals surface area contributed by atoms with E-state index in [1.165, 1.54) is 0 Å². The van der Waals surface area contributed by atoms with Gasteiger partial charge in [0, 0.05) is 12.6 Å². The summed E-state index contributed by atoms with van der Waals surface area (Å²) >= 11 is 4.65. The lowest BCUT2D eigenvalue weighted by Crippen LogP contribution is -2.46. The summed E-state index contributed by atoms with van der Waals surface area (Å²) in [6.07, 6.45) is 1.66. The number of carbonyl (C=O) groups is 3. The van der Waals surface area contributed by atoms with Gasteiger partial charge in [0.1, 0.15) is 18.2 Å². The molecule has 1 unspecified atom stereocenters. The average Bonchev–Trinajstić information content (AvgIpc) is 3.51. The molecule has 0 radical (unpaired) electrons. The van der Waals surface area contributed by atoms with Crippen LogP contribution in [0, 0.1) is 11.6 Å². The van der Waals surface area contributed by atoms with Gasteiger partial charge in [-0.3, -0.25) is 24.0 Å². The third-order valence-corrected chi connectivity index (χ3v) is 8.16. The lowest BCUT2D eigenvalue weighted by atomic mass is 10.0. The van der Waals surface area contributed by atoms with Crippen molar-refractivity contribution in [1.29, 1.82) is 0 Å². The van der Waals surface area contributed by atoms with Gasteiger partial charge in [-0.2, -0.15) is 5.10 Å². The van der Waals surface area contributed by atoms with Crippen molar-refractivity contribution < 1.29 is 27.9 Å². The van der Waals surface area contributed by atoms with E-state index in [9.17, 15) is 23.2 Å². The van der Waals surface area contributed by atoms with Gasteiger partial charge in [0.15, 0.2) is 5.06 Å². The molecule has 4 aromatic rings. The first-order chi connectivity index (χ1) is 18.8. The highest BCUT2D eigenvalue weighted by molar-refractivity contribution is 9.10. The molecule has 0 saturated carbocycles. The van der Waals surface area contributed by atoms with Gasteiger partial charge >= 0.3 is 0 Å². The Morgan fingerprint density at radius 1 is 1.08 bits per heavy atom. The smallest absolute Gasteiger partial charge is 0.261 e. The third kappa shape index (κ3) is 4.74. The lowest BCUT2D eigenvalue weighted by molar-refractivity contribution is 0.0629. The van der Waals surface area contributed by atoms with E-state index >= 15 is 0 Å². The van der Waals surface area contributed by atoms with Gasteiger partial charge in [-0.05, 0) is 58.2 Å². The summed E-state index contributed by atoms with van der Waals surface area (Å²) < 4.78 is 36.3. The number of hydrogen-bond donors (Lipinski definition) is 1. The fourth-order valence-electron chi connectivity index (χ4n) is 4.84. The lowest BCUT2D eigenvalue weighted by Gasteiger charge is -2.24. The van der Waals surface area contributed by atoms with E-state index < -0.39 is 35.4 Å². The molecule has 3 amide bonds. The number of nitrogens with zero attached hydrogens (tertiary/aromatic N) is 3. The van der Waals surface area contributed by atoms with Crippen molar-refractivity contribution in [3.8, 4) is 16.3 Å². The number of aromatic nitrogens is 2. The molecule has 0 spiro atoms. The van der Waals surface area contributed by atoms with Crippen LogP contribution in [0.3, 0.4) is 0 Å². The second-order valence-electron chi connectivity index (χ2n) is 9.14. The largest absolute Gasteiger partial charge is 0.481 e. The van der Waals surface area contributed by atoms with Gasteiger partial charge in [-0.25, -0.2) is 8.78 Å². The number of fused-ring (bicyclic) bond motifs is 4. The van der Waals surface area contributed by atoms with Gasteiger partial charge in [0.05, 0.1) is 50.5 Å². The standard InChI is InChI=1S/C27H19BrF2N4O4S/c28-21-12-31-34-5-6-38-27-20(23(21)34)11-22(39-27)24(35)32-17(9-14-7-15(29)10-16(30)8-14)13-33-25(36)18-3-1-2-4-19(18)26(33)37/h1-4,7-8,10-12,17H,5-6,9,13H2,(H,32,35). The Labute approximate surface area is 233 Å². The van der Waals surface area contributed by atoms with E-state index in [2.05, 4.69) is 26.3 Å². The van der Waals surface area contributed by atoms with Crippen molar-refractivity contribution in [2.24, 2.45) is 0 Å². The fraction of sp³-hybridized carbons (Fsp3) is 0.185. The normalized spacial score (nSPS) is 14.8. The zero-order valence-electron chi connectivity index (χ0n) is 20.1. The van der Waals surface area contributed by atoms with E-state index in [1.54, 1.807) is 41.2 Å². The highest BCUT2D eigenvalue weighted by Gasteiger charge is 2.37. The van der Waals surface area contributed by atoms with Crippen LogP contribution in [0.5, 0.6) is 5.06 Å². The number of rotatable bonds is 6. The first-order valence-electron chi connectivity index (χ1n) is 12.0. The predicted octanol–water partition coefficient (Wildman–Crippen LogP) is 4.68. The van der Waals surface area contributed by atoms with E-state index in [-0.39, 0.29) is 29.7 Å². The van der Waals surface area contributed by atoms with Crippen molar-refractivity contribution in [3.05, 3.63) is 92.4 Å². The van der Waals surface area contributed by atoms with Crippen LogP contribution in [-0.2, 0) is 13.0 Å². The molecule has 2 aliphatic rings. The zero-order valence-corrected chi connectivity index (χ0v) is 22.5. The average molecular weight is 613 g/mol. The van der Waals surface area contributed by atoms with Gasteiger partial charge in [0.2, 0.25) is 0 Å². The monoisotopic (exact) mass is 612 g/mol. The van der Waals surface area contributed by atoms with Crippen LogP contribution in [-0.4, -0.2) is 51.6 Å². The number of thiophene rings is 1. The summed E-state index contributed by atoms with van der Waals surface area (Å²) in [5, 5.41) is 7.75. The van der Waals surface area contributed by atoms with Crippen LogP contribution in [0.25, 0.3) is 11.3 Å². The Morgan fingerprint density at radius 2 is 1.77 bits per heavy atom. The Balaban J connectivity index is 1.29. The zero-order chi connectivity index (χ0) is 27.3. The number of amides is 3. The Morgan fingerprint density at radius 3 is 2.46 bits per heavy atom. The Hall–Kier alpha value is -3.90. The van der Waals surface area contributed by atoms with E-state index in [1.807, 2.05) is 0 Å². The van der Waals surface area contributed by atoms with Crippen LogP contribution < -0.4 is 10.1 Å². The summed E-state index contributed by atoms with van der Waals surface area (Å²) in [5.41, 5.74) is 2.30. The number of hydrogen-bond acceptors (Lipinski definition) is 6. The van der Waals surface area contributed by atoms with E-state index in [4.69, 9.17) is 4.74 Å². The number of imide groups is 1. The molecule has 2 aromatic carbocycles. The molecule has 8 nitrogen and oxygen atoms in total. The number of ether oxygens (including phenoxy) is 1. The number of nitrogens with one attached hydrogen (secondary N) is 1. The SMILES string of the molecule is O=C(NC(Cc1cc(F)cc(F)c1)CN1C(=O)c2ccccc2C1=O)c1cc2c(s1)OCCn1ncc(Br)c1-2. The molecular weight excluding hydrogens is 594 g/mol. The number of benzene rings is 2. The highest BCUT2D eigenvalue weighted by atomic mass is 79.9. The Bertz CT molecular complexity index is 1600. The van der Waals surface area contributed by atoms with Crippen LogP contribution in [0.15, 0.2) is 59.2 Å². The van der Waals surface area contributed by atoms with E-state index in [0.29, 0.717) is 28.7 Å². The van der Waals surface area contributed by atoms with Crippen molar-refractivity contribution in [3.63, 3.8) is 0 Å². The van der Waals surface area contributed by atoms with Crippen molar-refractivity contribution in [2.75, 3.05) is 13.2 Å². The van der Waals surface area contributed by atoms with Crippen LogP contribution >= 0.6 is 27.3 Å². The summed E-state index contributed by atoms with van der Waals surface area (Å²) in [6.45, 7) is 0.746. The highest BCUT2D eigenvalue weighted by Crippen LogP contribution is 2.42. The molecule has 1 N–H and O–H groups in total. The summed E-state index contributed by atoms with van der Waals surface area (Å²) in [7, 11) is 0. The fourth-order valence-corrected chi connectivity index (χ4v) is 6.29. The van der Waals surface area contributed by atoms with Crippen molar-refractivity contribution in [1.82, 2.24) is 20.0 Å². The van der Waals surface area contributed by atoms with Gasteiger partial charge in [-0.1, -0.05) is 23.5 Å². The first-order valence-corrected chi connectivity index (χ1v) is 13.6.